The third-order valence-electron chi connectivity index (χ3n) is 3.48. The van der Waals surface area contributed by atoms with Crippen LogP contribution in [0.5, 0.6) is 0 Å². The molecule has 1 heterocycles. The van der Waals surface area contributed by atoms with Gasteiger partial charge in [-0.1, -0.05) is 26.7 Å². The minimum absolute atomic E-state index is 0.215. The summed E-state index contributed by atoms with van der Waals surface area (Å²) in [6.45, 7) is 6.09. The van der Waals surface area contributed by atoms with E-state index in [4.69, 9.17) is 5.11 Å². The first-order valence-electron chi connectivity index (χ1n) is 6.62. The molecule has 1 rings (SSSR count). The van der Waals surface area contributed by atoms with E-state index in [0.717, 1.165) is 45.2 Å². The van der Waals surface area contributed by atoms with Gasteiger partial charge in [0.2, 0.25) is 5.91 Å². The van der Waals surface area contributed by atoms with Gasteiger partial charge in [-0.15, -0.1) is 0 Å². The fourth-order valence-electron chi connectivity index (χ4n) is 2.53. The van der Waals surface area contributed by atoms with Gasteiger partial charge in [-0.2, -0.15) is 0 Å². The van der Waals surface area contributed by atoms with Crippen LogP contribution >= 0.6 is 0 Å². The number of carbonyl (C=O) groups is 1. The van der Waals surface area contributed by atoms with Gasteiger partial charge in [-0.25, -0.2) is 0 Å². The van der Waals surface area contributed by atoms with Crippen molar-refractivity contribution in [2.24, 2.45) is 11.8 Å². The highest BCUT2D eigenvalue weighted by molar-refractivity contribution is 5.79. The molecule has 0 spiro atoms. The molecular formula is C13H25NO2. The molecule has 1 aliphatic heterocycles. The first-order valence-corrected chi connectivity index (χ1v) is 6.62. The van der Waals surface area contributed by atoms with E-state index in [2.05, 4.69) is 13.8 Å². The normalized spacial score (nSPS) is 20.8. The number of carbonyl (C=O) groups excluding carboxylic acids is 1. The minimum atomic E-state index is 0.215. The van der Waals surface area contributed by atoms with Gasteiger partial charge in [0.25, 0.3) is 0 Å². The van der Waals surface area contributed by atoms with E-state index in [1.165, 1.54) is 0 Å². The molecule has 1 N–H and O–H groups in total. The molecule has 1 fully saturated rings. The molecular weight excluding hydrogens is 202 g/mol. The average molecular weight is 227 g/mol. The van der Waals surface area contributed by atoms with Gasteiger partial charge in [-0.3, -0.25) is 4.79 Å². The maximum Gasteiger partial charge on any atom is 0.225 e. The molecule has 94 valence electrons. The summed E-state index contributed by atoms with van der Waals surface area (Å²) in [5, 5.41) is 9.07. The first kappa shape index (κ1) is 13.5. The number of aliphatic hydroxyl groups is 1. The Morgan fingerprint density at radius 2 is 2.00 bits per heavy atom. The van der Waals surface area contributed by atoms with E-state index in [1.54, 1.807) is 0 Å². The monoisotopic (exact) mass is 227 g/mol. The molecule has 0 aromatic heterocycles. The highest BCUT2D eigenvalue weighted by Crippen LogP contribution is 2.22. The second-order valence-electron chi connectivity index (χ2n) is 4.90. The Bertz CT molecular complexity index is 212. The Balaban J connectivity index is 2.47. The van der Waals surface area contributed by atoms with Gasteiger partial charge in [0.15, 0.2) is 0 Å². The Morgan fingerprint density at radius 1 is 1.38 bits per heavy atom. The van der Waals surface area contributed by atoms with Crippen molar-refractivity contribution in [3.63, 3.8) is 0 Å². The summed E-state index contributed by atoms with van der Waals surface area (Å²) < 4.78 is 0. The molecule has 3 nitrogen and oxygen atoms in total. The topological polar surface area (TPSA) is 40.5 Å². The molecule has 0 aromatic rings. The SMILES string of the molecule is CCCC(CCC)C(=O)N1CC[C@H](CO)C1. The van der Waals surface area contributed by atoms with E-state index in [1.807, 2.05) is 4.90 Å². The van der Waals surface area contributed by atoms with Crippen molar-refractivity contribution < 1.29 is 9.90 Å². The molecule has 3 heteroatoms. The highest BCUT2D eigenvalue weighted by atomic mass is 16.3. The Morgan fingerprint density at radius 3 is 2.44 bits per heavy atom. The zero-order valence-corrected chi connectivity index (χ0v) is 10.6. The van der Waals surface area contributed by atoms with Crippen molar-refractivity contribution in [3.05, 3.63) is 0 Å². The second-order valence-corrected chi connectivity index (χ2v) is 4.90. The quantitative estimate of drug-likeness (QED) is 0.754. The minimum Gasteiger partial charge on any atom is -0.396 e. The molecule has 1 atom stereocenters. The van der Waals surface area contributed by atoms with Crippen molar-refractivity contribution >= 4 is 5.91 Å². The molecule has 0 aliphatic carbocycles. The summed E-state index contributed by atoms with van der Waals surface area (Å²) >= 11 is 0. The van der Waals surface area contributed by atoms with E-state index in [0.29, 0.717) is 11.8 Å². The summed E-state index contributed by atoms with van der Waals surface area (Å²) in [5.41, 5.74) is 0. The molecule has 1 saturated heterocycles. The largest absolute Gasteiger partial charge is 0.396 e. The van der Waals surface area contributed by atoms with Crippen LogP contribution in [-0.4, -0.2) is 35.6 Å². The number of nitrogens with zero attached hydrogens (tertiary/aromatic N) is 1. The molecule has 0 unspecified atom stereocenters. The van der Waals surface area contributed by atoms with Crippen molar-refractivity contribution in [2.75, 3.05) is 19.7 Å². The van der Waals surface area contributed by atoms with Crippen LogP contribution in [-0.2, 0) is 4.79 Å². The van der Waals surface area contributed by atoms with Crippen LogP contribution in [0.1, 0.15) is 46.0 Å². The molecule has 0 saturated carbocycles. The van der Waals surface area contributed by atoms with Crippen LogP contribution in [0.15, 0.2) is 0 Å². The van der Waals surface area contributed by atoms with Gasteiger partial charge in [0.1, 0.15) is 0 Å². The summed E-state index contributed by atoms with van der Waals surface area (Å²) in [4.78, 5) is 14.2. The number of hydrogen-bond donors (Lipinski definition) is 1. The molecule has 0 aromatic carbocycles. The van der Waals surface area contributed by atoms with E-state index >= 15 is 0 Å². The fraction of sp³-hybridized carbons (Fsp3) is 0.923. The maximum atomic E-state index is 12.2. The van der Waals surface area contributed by atoms with Crippen LogP contribution in [0.3, 0.4) is 0 Å². The smallest absolute Gasteiger partial charge is 0.225 e. The van der Waals surface area contributed by atoms with E-state index < -0.39 is 0 Å². The van der Waals surface area contributed by atoms with Gasteiger partial charge in [0, 0.05) is 31.5 Å². The van der Waals surface area contributed by atoms with Crippen LogP contribution < -0.4 is 0 Å². The lowest BCUT2D eigenvalue weighted by Crippen LogP contribution is -2.34. The summed E-state index contributed by atoms with van der Waals surface area (Å²) in [5.74, 6) is 0.847. The summed E-state index contributed by atoms with van der Waals surface area (Å²) in [7, 11) is 0. The van der Waals surface area contributed by atoms with Crippen molar-refractivity contribution in [3.8, 4) is 0 Å². The van der Waals surface area contributed by atoms with E-state index in [9.17, 15) is 4.79 Å². The van der Waals surface area contributed by atoms with Crippen molar-refractivity contribution in [2.45, 2.75) is 46.0 Å². The number of aliphatic hydroxyl groups excluding tert-OH is 1. The van der Waals surface area contributed by atoms with Crippen LogP contribution in [0, 0.1) is 11.8 Å². The zero-order valence-electron chi connectivity index (χ0n) is 10.6. The number of amides is 1. The van der Waals surface area contributed by atoms with Gasteiger partial charge in [0.05, 0.1) is 0 Å². The van der Waals surface area contributed by atoms with Crippen LogP contribution in [0.2, 0.25) is 0 Å². The lowest BCUT2D eigenvalue weighted by atomic mass is 9.97. The van der Waals surface area contributed by atoms with Gasteiger partial charge >= 0.3 is 0 Å². The zero-order chi connectivity index (χ0) is 12.0. The fourth-order valence-corrected chi connectivity index (χ4v) is 2.53. The molecule has 0 bridgehead atoms. The van der Waals surface area contributed by atoms with Crippen LogP contribution in [0.4, 0.5) is 0 Å². The Hall–Kier alpha value is -0.570. The number of rotatable bonds is 6. The summed E-state index contributed by atoms with van der Waals surface area (Å²) in [6.07, 6.45) is 5.13. The predicted octanol–water partition coefficient (Wildman–Crippen LogP) is 2.04. The van der Waals surface area contributed by atoms with Gasteiger partial charge < -0.3 is 10.0 Å². The third-order valence-corrected chi connectivity index (χ3v) is 3.48. The maximum absolute atomic E-state index is 12.2. The lowest BCUT2D eigenvalue weighted by molar-refractivity contribution is -0.135. The standard InChI is InChI=1S/C13H25NO2/c1-3-5-12(6-4-2)13(16)14-8-7-11(9-14)10-15/h11-12,15H,3-10H2,1-2H3/t11-/m0/s1. The number of hydrogen-bond acceptors (Lipinski definition) is 2. The Kier molecular flexibility index (Phi) is 5.81. The summed E-state index contributed by atoms with van der Waals surface area (Å²) in [6, 6.07) is 0. The van der Waals surface area contributed by atoms with Crippen molar-refractivity contribution in [1.82, 2.24) is 4.90 Å². The lowest BCUT2D eigenvalue weighted by Gasteiger charge is -2.23. The first-order chi connectivity index (χ1) is 7.72. The van der Waals surface area contributed by atoms with Crippen LogP contribution in [0.25, 0.3) is 0 Å². The molecule has 1 aliphatic rings. The second kappa shape index (κ2) is 6.89. The third kappa shape index (κ3) is 3.48. The highest BCUT2D eigenvalue weighted by Gasteiger charge is 2.29. The molecule has 0 radical (unpaired) electrons. The molecule has 1 amide bonds. The van der Waals surface area contributed by atoms with Gasteiger partial charge in [-0.05, 0) is 19.3 Å². The van der Waals surface area contributed by atoms with E-state index in [-0.39, 0.29) is 12.5 Å². The average Bonchev–Trinajstić information content (AvgIpc) is 2.76. The van der Waals surface area contributed by atoms with Crippen molar-refractivity contribution in [1.29, 1.82) is 0 Å². The number of likely N-dealkylation sites (tertiary alicyclic amines) is 1. The molecule has 16 heavy (non-hydrogen) atoms. The Labute approximate surface area is 98.8 Å². The predicted molar refractivity (Wildman–Crippen MR) is 65.1 cm³/mol.